The molecule has 0 saturated carbocycles. The number of hydrogen-bond acceptors (Lipinski definition) is 5. The van der Waals surface area contributed by atoms with Gasteiger partial charge in [0.15, 0.2) is 5.82 Å². The summed E-state index contributed by atoms with van der Waals surface area (Å²) in [5, 5.41) is 4.49. The minimum Gasteiger partial charge on any atom is -0.399 e. The Balaban J connectivity index is 1.93. The standard InChI is InChI=1S/C14H19BN4O2/c1-10-11(15-20-13(2,3)14(4,5)21-15)8-19(18-10)12-6-7-16-9-17-12/h6-9H,1-5H3. The molecule has 2 aromatic heterocycles. The zero-order valence-corrected chi connectivity index (χ0v) is 13.0. The van der Waals surface area contributed by atoms with E-state index in [1.807, 2.05) is 40.8 Å². The quantitative estimate of drug-likeness (QED) is 0.778. The predicted octanol–water partition coefficient (Wildman–Crippen LogP) is 1.27. The van der Waals surface area contributed by atoms with Gasteiger partial charge in [0.25, 0.3) is 0 Å². The molecule has 0 atom stereocenters. The first-order valence-electron chi connectivity index (χ1n) is 6.98. The lowest BCUT2D eigenvalue weighted by Gasteiger charge is -2.32. The van der Waals surface area contributed by atoms with Crippen molar-refractivity contribution in [1.82, 2.24) is 19.7 Å². The van der Waals surface area contributed by atoms with Gasteiger partial charge in [0.1, 0.15) is 6.33 Å². The van der Waals surface area contributed by atoms with Gasteiger partial charge in [-0.2, -0.15) is 5.10 Å². The first kappa shape index (κ1) is 14.2. The fourth-order valence-corrected chi connectivity index (χ4v) is 2.21. The molecule has 1 saturated heterocycles. The van der Waals surface area contributed by atoms with Crippen LogP contribution in [0.2, 0.25) is 0 Å². The van der Waals surface area contributed by atoms with Gasteiger partial charge < -0.3 is 9.31 Å². The third-order valence-electron chi connectivity index (χ3n) is 4.25. The van der Waals surface area contributed by atoms with Crippen LogP contribution in [-0.2, 0) is 9.31 Å². The van der Waals surface area contributed by atoms with Crippen LogP contribution in [0.15, 0.2) is 24.8 Å². The van der Waals surface area contributed by atoms with Crippen LogP contribution in [0.5, 0.6) is 0 Å². The average Bonchev–Trinajstić information content (AvgIpc) is 2.89. The normalized spacial score (nSPS) is 20.0. The van der Waals surface area contributed by atoms with E-state index >= 15 is 0 Å². The van der Waals surface area contributed by atoms with Crippen LogP contribution >= 0.6 is 0 Å². The highest BCUT2D eigenvalue weighted by molar-refractivity contribution is 6.62. The maximum Gasteiger partial charge on any atom is 0.498 e. The van der Waals surface area contributed by atoms with Crippen LogP contribution in [0.4, 0.5) is 0 Å². The molecule has 0 amide bonds. The van der Waals surface area contributed by atoms with E-state index in [0.29, 0.717) is 0 Å². The van der Waals surface area contributed by atoms with Gasteiger partial charge in [0.2, 0.25) is 0 Å². The fourth-order valence-electron chi connectivity index (χ4n) is 2.21. The summed E-state index contributed by atoms with van der Waals surface area (Å²) in [5.74, 6) is 0.718. The lowest BCUT2D eigenvalue weighted by atomic mass is 9.79. The molecule has 110 valence electrons. The highest BCUT2D eigenvalue weighted by Gasteiger charge is 2.52. The molecule has 0 bridgehead atoms. The Morgan fingerprint density at radius 3 is 2.38 bits per heavy atom. The second-order valence-corrected chi connectivity index (χ2v) is 6.27. The first-order chi connectivity index (χ1) is 9.80. The molecule has 2 aromatic rings. The second-order valence-electron chi connectivity index (χ2n) is 6.27. The second kappa shape index (κ2) is 4.64. The molecule has 0 aliphatic carbocycles. The summed E-state index contributed by atoms with van der Waals surface area (Å²) in [6.07, 6.45) is 5.09. The van der Waals surface area contributed by atoms with Gasteiger partial charge in [0.05, 0.1) is 16.9 Å². The summed E-state index contributed by atoms with van der Waals surface area (Å²) in [4.78, 5) is 8.11. The fraction of sp³-hybridized carbons (Fsp3) is 0.500. The smallest absolute Gasteiger partial charge is 0.399 e. The van der Waals surface area contributed by atoms with Crippen LogP contribution in [0.1, 0.15) is 33.4 Å². The third kappa shape index (κ3) is 2.36. The van der Waals surface area contributed by atoms with Crippen LogP contribution in [0, 0.1) is 6.92 Å². The van der Waals surface area contributed by atoms with Gasteiger partial charge in [-0.1, -0.05) is 0 Å². The van der Waals surface area contributed by atoms with Crippen molar-refractivity contribution in [2.75, 3.05) is 0 Å². The van der Waals surface area contributed by atoms with Crippen LogP contribution in [0.25, 0.3) is 5.82 Å². The Morgan fingerprint density at radius 1 is 1.14 bits per heavy atom. The predicted molar refractivity (Wildman–Crippen MR) is 79.6 cm³/mol. The van der Waals surface area contributed by atoms with E-state index in [0.717, 1.165) is 17.0 Å². The molecule has 1 aliphatic rings. The molecule has 21 heavy (non-hydrogen) atoms. The van der Waals surface area contributed by atoms with Crippen molar-refractivity contribution in [1.29, 1.82) is 0 Å². The van der Waals surface area contributed by atoms with E-state index in [4.69, 9.17) is 9.31 Å². The van der Waals surface area contributed by atoms with E-state index < -0.39 is 7.12 Å². The number of rotatable bonds is 2. The van der Waals surface area contributed by atoms with E-state index in [2.05, 4.69) is 15.1 Å². The summed E-state index contributed by atoms with van der Waals surface area (Å²) in [6, 6.07) is 1.81. The summed E-state index contributed by atoms with van der Waals surface area (Å²) in [6.45, 7) is 10.1. The van der Waals surface area contributed by atoms with Crippen molar-refractivity contribution >= 4 is 12.6 Å². The average molecular weight is 286 g/mol. The molecule has 0 unspecified atom stereocenters. The van der Waals surface area contributed by atoms with E-state index in [1.165, 1.54) is 6.33 Å². The molecule has 0 spiro atoms. The summed E-state index contributed by atoms with van der Waals surface area (Å²) in [7, 11) is -0.411. The molecular formula is C14H19BN4O2. The van der Waals surface area contributed by atoms with Crippen LogP contribution in [0.3, 0.4) is 0 Å². The lowest BCUT2D eigenvalue weighted by molar-refractivity contribution is 0.00578. The van der Waals surface area contributed by atoms with Crippen molar-refractivity contribution in [3.05, 3.63) is 30.5 Å². The zero-order chi connectivity index (χ0) is 15.3. The van der Waals surface area contributed by atoms with Gasteiger partial charge in [-0.3, -0.25) is 0 Å². The molecule has 1 aliphatic heterocycles. The summed E-state index contributed by atoms with van der Waals surface area (Å²) >= 11 is 0. The third-order valence-corrected chi connectivity index (χ3v) is 4.25. The molecule has 1 fully saturated rings. The van der Waals surface area contributed by atoms with E-state index in [-0.39, 0.29) is 11.2 Å². The van der Waals surface area contributed by atoms with Gasteiger partial charge >= 0.3 is 7.12 Å². The van der Waals surface area contributed by atoms with E-state index in [9.17, 15) is 0 Å². The molecule has 6 nitrogen and oxygen atoms in total. The zero-order valence-electron chi connectivity index (χ0n) is 13.0. The number of aryl methyl sites for hydroxylation is 1. The highest BCUT2D eigenvalue weighted by Crippen LogP contribution is 2.36. The minimum absolute atomic E-state index is 0.360. The molecule has 0 aromatic carbocycles. The number of aromatic nitrogens is 4. The molecule has 0 N–H and O–H groups in total. The molecule has 3 heterocycles. The lowest BCUT2D eigenvalue weighted by Crippen LogP contribution is -2.41. The van der Waals surface area contributed by atoms with Gasteiger partial charge in [-0.15, -0.1) is 0 Å². The number of nitrogens with zero attached hydrogens (tertiary/aromatic N) is 4. The Labute approximate surface area is 124 Å². The maximum absolute atomic E-state index is 6.07. The van der Waals surface area contributed by atoms with Gasteiger partial charge in [0, 0.05) is 23.9 Å². The van der Waals surface area contributed by atoms with Crippen molar-refractivity contribution in [2.24, 2.45) is 0 Å². The van der Waals surface area contributed by atoms with Crippen molar-refractivity contribution < 1.29 is 9.31 Å². The topological polar surface area (TPSA) is 62.1 Å². The Kier molecular flexibility index (Phi) is 3.14. The molecule has 7 heteroatoms. The SMILES string of the molecule is Cc1nn(-c2ccncn2)cc1B1OC(C)(C)C(C)(C)O1. The van der Waals surface area contributed by atoms with Crippen LogP contribution in [-0.4, -0.2) is 38.1 Å². The van der Waals surface area contributed by atoms with Gasteiger partial charge in [-0.05, 0) is 34.6 Å². The van der Waals surface area contributed by atoms with Crippen molar-refractivity contribution in [3.63, 3.8) is 0 Å². The molecular weight excluding hydrogens is 267 g/mol. The molecule has 0 radical (unpaired) electrons. The first-order valence-corrected chi connectivity index (χ1v) is 6.98. The van der Waals surface area contributed by atoms with Crippen molar-refractivity contribution in [3.8, 4) is 5.82 Å². The molecule has 3 rings (SSSR count). The maximum atomic E-state index is 6.07. The van der Waals surface area contributed by atoms with Gasteiger partial charge in [-0.25, -0.2) is 14.6 Å². The largest absolute Gasteiger partial charge is 0.498 e. The Morgan fingerprint density at radius 2 is 1.81 bits per heavy atom. The Bertz CT molecular complexity index is 638. The monoisotopic (exact) mass is 286 g/mol. The highest BCUT2D eigenvalue weighted by atomic mass is 16.7. The van der Waals surface area contributed by atoms with E-state index in [1.54, 1.807) is 16.9 Å². The minimum atomic E-state index is -0.411. The van der Waals surface area contributed by atoms with Crippen LogP contribution < -0.4 is 5.46 Å². The summed E-state index contributed by atoms with van der Waals surface area (Å²) < 4.78 is 13.9. The number of hydrogen-bond donors (Lipinski definition) is 0. The van der Waals surface area contributed by atoms with Crippen molar-refractivity contribution in [2.45, 2.75) is 45.8 Å². The Hall–Kier alpha value is -1.73. The summed E-state index contributed by atoms with van der Waals surface area (Å²) in [5.41, 5.74) is 1.07.